The summed E-state index contributed by atoms with van der Waals surface area (Å²) in [5.74, 6) is 0.954. The van der Waals surface area contributed by atoms with E-state index in [1.54, 1.807) is 0 Å². The molecule has 0 aliphatic heterocycles. The van der Waals surface area contributed by atoms with Gasteiger partial charge in [-0.1, -0.05) is 30.3 Å². The average Bonchev–Trinajstić information content (AvgIpc) is 2.56. The number of hydrogen-bond acceptors (Lipinski definition) is 3. The smallest absolute Gasteiger partial charge is 0.190 e. The van der Waals surface area contributed by atoms with Gasteiger partial charge in [-0.05, 0) is 42.2 Å². The Morgan fingerprint density at radius 1 is 1.09 bits per heavy atom. The zero-order valence-electron chi connectivity index (χ0n) is 13.6. The van der Waals surface area contributed by atoms with Crippen molar-refractivity contribution in [2.45, 2.75) is 19.4 Å². The zero-order valence-corrected chi connectivity index (χ0v) is 13.6. The first kappa shape index (κ1) is 15.3. The van der Waals surface area contributed by atoms with Gasteiger partial charge in [0.15, 0.2) is 5.78 Å². The minimum atomic E-state index is 0.134. The number of ketones is 1. The number of hydrogen-bond donors (Lipinski definition) is 0. The van der Waals surface area contributed by atoms with Crippen molar-refractivity contribution in [3.63, 3.8) is 0 Å². The van der Waals surface area contributed by atoms with Gasteiger partial charge in [0.05, 0.1) is 0 Å². The van der Waals surface area contributed by atoms with E-state index in [4.69, 9.17) is 4.74 Å². The first-order valence-corrected chi connectivity index (χ1v) is 7.85. The van der Waals surface area contributed by atoms with Gasteiger partial charge in [-0.15, -0.1) is 0 Å². The highest BCUT2D eigenvalue weighted by atomic mass is 16.5. The van der Waals surface area contributed by atoms with E-state index < -0.39 is 0 Å². The van der Waals surface area contributed by atoms with E-state index in [2.05, 4.69) is 0 Å². The Morgan fingerprint density at radius 3 is 2.61 bits per heavy atom. The van der Waals surface area contributed by atoms with Gasteiger partial charge in [0.1, 0.15) is 12.4 Å². The van der Waals surface area contributed by atoms with E-state index in [1.807, 2.05) is 73.7 Å². The summed E-state index contributed by atoms with van der Waals surface area (Å²) >= 11 is 0. The molecule has 0 atom stereocenters. The van der Waals surface area contributed by atoms with Gasteiger partial charge in [-0.25, -0.2) is 0 Å². The Balaban J connectivity index is 1.75. The van der Waals surface area contributed by atoms with E-state index in [0.717, 1.165) is 40.9 Å². The summed E-state index contributed by atoms with van der Waals surface area (Å²) < 4.78 is 5.85. The normalized spacial score (nSPS) is 15.4. The molecule has 1 aliphatic rings. The number of allylic oxidation sites excluding steroid dienone is 1. The maximum atomic E-state index is 12.5. The molecule has 2 aromatic rings. The number of benzene rings is 2. The highest BCUT2D eigenvalue weighted by Crippen LogP contribution is 2.28. The lowest BCUT2D eigenvalue weighted by Crippen LogP contribution is -2.17. The number of nitrogens with zero attached hydrogens (tertiary/aromatic N) is 1. The fourth-order valence-corrected chi connectivity index (χ4v) is 2.82. The zero-order chi connectivity index (χ0) is 16.2. The van der Waals surface area contributed by atoms with Crippen LogP contribution in [-0.4, -0.2) is 24.8 Å². The third-order valence-electron chi connectivity index (χ3n) is 3.94. The van der Waals surface area contributed by atoms with Crippen LogP contribution in [0.5, 0.6) is 5.75 Å². The molecule has 23 heavy (non-hydrogen) atoms. The summed E-state index contributed by atoms with van der Waals surface area (Å²) in [5, 5.41) is 0. The molecule has 1 aliphatic carbocycles. The van der Waals surface area contributed by atoms with Gasteiger partial charge in [-0.3, -0.25) is 4.79 Å². The number of fused-ring (bicyclic) bond motifs is 1. The third-order valence-corrected chi connectivity index (χ3v) is 3.94. The van der Waals surface area contributed by atoms with E-state index in [1.165, 1.54) is 0 Å². The molecule has 118 valence electrons. The predicted molar refractivity (Wildman–Crippen MR) is 91.6 cm³/mol. The van der Waals surface area contributed by atoms with Crippen LogP contribution in [0, 0.1) is 0 Å². The van der Waals surface area contributed by atoms with Crippen molar-refractivity contribution in [1.29, 1.82) is 0 Å². The molecule has 0 saturated heterocycles. The van der Waals surface area contributed by atoms with E-state index in [9.17, 15) is 4.79 Å². The van der Waals surface area contributed by atoms with Gasteiger partial charge in [-0.2, -0.15) is 0 Å². The van der Waals surface area contributed by atoms with Crippen LogP contribution in [0.4, 0.5) is 0 Å². The third kappa shape index (κ3) is 3.62. The topological polar surface area (TPSA) is 29.5 Å². The molecule has 0 spiro atoms. The Bertz CT molecular complexity index is 733. The molecule has 0 saturated carbocycles. The van der Waals surface area contributed by atoms with Crippen molar-refractivity contribution in [2.75, 3.05) is 14.1 Å². The first-order valence-electron chi connectivity index (χ1n) is 7.85. The van der Waals surface area contributed by atoms with Crippen molar-refractivity contribution in [3.8, 4) is 5.75 Å². The van der Waals surface area contributed by atoms with E-state index in [0.29, 0.717) is 6.61 Å². The van der Waals surface area contributed by atoms with Crippen molar-refractivity contribution >= 4 is 5.78 Å². The monoisotopic (exact) mass is 307 g/mol. The molecule has 0 heterocycles. The van der Waals surface area contributed by atoms with Crippen LogP contribution in [-0.2, 0) is 13.0 Å². The average molecular weight is 307 g/mol. The molecule has 3 rings (SSSR count). The summed E-state index contributed by atoms with van der Waals surface area (Å²) in [6.45, 7) is 0.541. The molecule has 0 fully saturated rings. The number of Topliss-reactive ketones (excluding diaryl/α,β-unsaturated/α-hetero) is 1. The Hall–Kier alpha value is -2.55. The maximum Gasteiger partial charge on any atom is 0.190 e. The maximum absolute atomic E-state index is 12.5. The van der Waals surface area contributed by atoms with Gasteiger partial charge in [0.25, 0.3) is 0 Å². The summed E-state index contributed by atoms with van der Waals surface area (Å²) in [6, 6.07) is 15.9. The molecule has 0 unspecified atom stereocenters. The summed E-state index contributed by atoms with van der Waals surface area (Å²) in [4.78, 5) is 14.4. The molecule has 3 heteroatoms. The van der Waals surface area contributed by atoms with Crippen LogP contribution >= 0.6 is 0 Å². The van der Waals surface area contributed by atoms with E-state index >= 15 is 0 Å². The molecule has 3 nitrogen and oxygen atoms in total. The molecule has 0 bridgehead atoms. The fraction of sp³-hybridized carbons (Fsp3) is 0.250. The quantitative estimate of drug-likeness (QED) is 0.804. The standard InChI is InChI=1S/C20H21NO2/c1-21(2)13-17-9-8-16-12-18(10-11-19(16)20(17)22)23-14-15-6-4-3-5-7-15/h3-7,10-13H,8-9,14H2,1-2H3/b17-13-. The van der Waals surface area contributed by atoms with Crippen molar-refractivity contribution < 1.29 is 9.53 Å². The van der Waals surface area contributed by atoms with E-state index in [-0.39, 0.29) is 5.78 Å². The molecular weight excluding hydrogens is 286 g/mol. The second-order valence-corrected chi connectivity index (χ2v) is 6.04. The number of aryl methyl sites for hydroxylation is 1. The summed E-state index contributed by atoms with van der Waals surface area (Å²) in [6.07, 6.45) is 3.58. The van der Waals surface area contributed by atoms with Crippen LogP contribution < -0.4 is 4.74 Å². The van der Waals surface area contributed by atoms with Crippen molar-refractivity contribution in [1.82, 2.24) is 4.90 Å². The molecule has 0 N–H and O–H groups in total. The number of rotatable bonds is 4. The first-order chi connectivity index (χ1) is 11.1. The second-order valence-electron chi connectivity index (χ2n) is 6.04. The second kappa shape index (κ2) is 6.69. The van der Waals surface area contributed by atoms with Crippen LogP contribution in [0.15, 0.2) is 60.3 Å². The molecule has 2 aromatic carbocycles. The SMILES string of the molecule is CN(C)/C=C1/CCc2cc(OCc3ccccc3)ccc2C1=O. The summed E-state index contributed by atoms with van der Waals surface area (Å²) in [5.41, 5.74) is 3.89. The Morgan fingerprint density at radius 2 is 1.87 bits per heavy atom. The summed E-state index contributed by atoms with van der Waals surface area (Å²) in [7, 11) is 3.88. The number of carbonyl (C=O) groups is 1. The van der Waals surface area contributed by atoms with Crippen LogP contribution in [0.1, 0.15) is 27.9 Å². The lowest BCUT2D eigenvalue weighted by Gasteiger charge is -2.20. The van der Waals surface area contributed by atoms with Crippen LogP contribution in [0.3, 0.4) is 0 Å². The predicted octanol–water partition coefficient (Wildman–Crippen LogP) is 3.84. The highest BCUT2D eigenvalue weighted by Gasteiger charge is 2.22. The van der Waals surface area contributed by atoms with Gasteiger partial charge in [0, 0.05) is 31.4 Å². The van der Waals surface area contributed by atoms with Gasteiger partial charge in [0.2, 0.25) is 0 Å². The molecule has 0 aromatic heterocycles. The van der Waals surface area contributed by atoms with Crippen molar-refractivity contribution in [2.24, 2.45) is 0 Å². The van der Waals surface area contributed by atoms with Crippen LogP contribution in [0.2, 0.25) is 0 Å². The minimum absolute atomic E-state index is 0.134. The lowest BCUT2D eigenvalue weighted by molar-refractivity contribution is 0.102. The molecular formula is C20H21NO2. The van der Waals surface area contributed by atoms with Gasteiger partial charge >= 0.3 is 0 Å². The number of ether oxygens (including phenoxy) is 1. The largest absolute Gasteiger partial charge is 0.489 e. The van der Waals surface area contributed by atoms with Gasteiger partial charge < -0.3 is 9.64 Å². The fourth-order valence-electron chi connectivity index (χ4n) is 2.82. The molecule has 0 amide bonds. The molecule has 0 radical (unpaired) electrons. The Kier molecular flexibility index (Phi) is 4.47. The Labute approximate surface area is 137 Å². The highest BCUT2D eigenvalue weighted by molar-refractivity contribution is 6.10. The van der Waals surface area contributed by atoms with Crippen LogP contribution in [0.25, 0.3) is 0 Å². The lowest BCUT2D eigenvalue weighted by atomic mass is 9.87. The number of carbonyl (C=O) groups excluding carboxylic acids is 1. The van der Waals surface area contributed by atoms with Crippen molar-refractivity contribution in [3.05, 3.63) is 77.0 Å². The minimum Gasteiger partial charge on any atom is -0.489 e.